The normalized spacial score (nSPS) is 15.5. The van der Waals surface area contributed by atoms with Crippen LogP contribution < -0.4 is 5.32 Å². The lowest BCUT2D eigenvalue weighted by atomic mass is 9.90. The summed E-state index contributed by atoms with van der Waals surface area (Å²) < 4.78 is 27.5. The second-order valence-corrected chi connectivity index (χ2v) is 8.95. The molecule has 1 unspecified atom stereocenters. The maximum atomic E-state index is 13.7. The molecule has 0 bridgehead atoms. The van der Waals surface area contributed by atoms with Gasteiger partial charge in [0.05, 0.1) is 6.10 Å². The molecule has 5 N–H and O–H groups in total. The SMILES string of the molecule is CCCN(CCC)C(=O)c1cc(C)cc(C(=O)N[C@](O)(C(O)c2cc(F)cc(F)c2)[C@H](O)[C@@H](C)O)c1. The number of amides is 2. The number of aliphatic hydroxyl groups excluding tert-OH is 3. The monoisotopic (exact) mass is 508 g/mol. The van der Waals surface area contributed by atoms with Crippen molar-refractivity contribution in [1.82, 2.24) is 10.2 Å². The summed E-state index contributed by atoms with van der Waals surface area (Å²) in [5, 5.41) is 44.4. The first-order chi connectivity index (χ1) is 16.8. The maximum absolute atomic E-state index is 13.7. The van der Waals surface area contributed by atoms with Gasteiger partial charge in [-0.3, -0.25) is 9.59 Å². The number of hydrogen-bond acceptors (Lipinski definition) is 6. The molecule has 0 saturated carbocycles. The van der Waals surface area contributed by atoms with Crippen molar-refractivity contribution in [3.05, 3.63) is 70.3 Å². The fourth-order valence-corrected chi connectivity index (χ4v) is 3.99. The third-order valence-electron chi connectivity index (χ3n) is 5.70. The highest BCUT2D eigenvalue weighted by molar-refractivity contribution is 6.00. The van der Waals surface area contributed by atoms with Crippen molar-refractivity contribution >= 4 is 11.8 Å². The molecule has 8 nitrogen and oxygen atoms in total. The fraction of sp³-hybridized carbons (Fsp3) is 0.462. The number of aryl methyl sites for hydroxylation is 1. The van der Waals surface area contributed by atoms with E-state index in [9.17, 15) is 38.8 Å². The van der Waals surface area contributed by atoms with Gasteiger partial charge in [0.25, 0.3) is 11.8 Å². The Bertz CT molecular complexity index is 1050. The van der Waals surface area contributed by atoms with Crippen molar-refractivity contribution < 1.29 is 38.8 Å². The Kier molecular flexibility index (Phi) is 10.1. The number of benzene rings is 2. The lowest BCUT2D eigenvalue weighted by Crippen LogP contribution is -2.63. The quantitative estimate of drug-likeness (QED) is 0.297. The van der Waals surface area contributed by atoms with Crippen LogP contribution in [0.2, 0.25) is 0 Å². The second-order valence-electron chi connectivity index (χ2n) is 8.95. The minimum Gasteiger partial charge on any atom is -0.391 e. The summed E-state index contributed by atoms with van der Waals surface area (Å²) in [7, 11) is 0. The Morgan fingerprint density at radius 3 is 1.97 bits per heavy atom. The van der Waals surface area contributed by atoms with Crippen LogP contribution in [0.5, 0.6) is 0 Å². The van der Waals surface area contributed by atoms with Gasteiger partial charge in [0, 0.05) is 30.3 Å². The van der Waals surface area contributed by atoms with Crippen LogP contribution in [0.25, 0.3) is 0 Å². The Hall–Kier alpha value is -2.92. The van der Waals surface area contributed by atoms with Gasteiger partial charge in [-0.05, 0) is 68.1 Å². The lowest BCUT2D eigenvalue weighted by Gasteiger charge is -2.39. The van der Waals surface area contributed by atoms with Crippen LogP contribution in [0, 0.1) is 18.6 Å². The van der Waals surface area contributed by atoms with E-state index >= 15 is 0 Å². The molecule has 0 spiro atoms. The smallest absolute Gasteiger partial charge is 0.253 e. The molecule has 10 heteroatoms. The molecule has 0 radical (unpaired) electrons. The average Bonchev–Trinajstić information content (AvgIpc) is 2.81. The van der Waals surface area contributed by atoms with Gasteiger partial charge in [0.15, 0.2) is 5.72 Å². The molecule has 0 aliphatic heterocycles. The van der Waals surface area contributed by atoms with E-state index in [1.165, 1.54) is 12.1 Å². The molecule has 0 aliphatic carbocycles. The van der Waals surface area contributed by atoms with E-state index < -0.39 is 47.1 Å². The van der Waals surface area contributed by atoms with Crippen molar-refractivity contribution in [2.75, 3.05) is 13.1 Å². The molecule has 0 heterocycles. The van der Waals surface area contributed by atoms with Gasteiger partial charge in [-0.15, -0.1) is 0 Å². The van der Waals surface area contributed by atoms with Crippen LogP contribution in [-0.2, 0) is 0 Å². The van der Waals surface area contributed by atoms with Gasteiger partial charge >= 0.3 is 0 Å². The van der Waals surface area contributed by atoms with Crippen LogP contribution in [-0.4, -0.2) is 68.2 Å². The number of carbonyl (C=O) groups is 2. The van der Waals surface area contributed by atoms with Gasteiger partial charge in [-0.2, -0.15) is 0 Å². The van der Waals surface area contributed by atoms with Crippen molar-refractivity contribution in [3.8, 4) is 0 Å². The predicted molar refractivity (Wildman–Crippen MR) is 129 cm³/mol. The van der Waals surface area contributed by atoms with Gasteiger partial charge < -0.3 is 30.6 Å². The summed E-state index contributed by atoms with van der Waals surface area (Å²) in [6.45, 7) is 7.70. The van der Waals surface area contributed by atoms with E-state index in [-0.39, 0.29) is 17.0 Å². The molecule has 198 valence electrons. The molecule has 2 aromatic carbocycles. The van der Waals surface area contributed by atoms with Gasteiger partial charge in [-0.1, -0.05) is 13.8 Å². The zero-order chi connectivity index (χ0) is 27.2. The first-order valence-corrected chi connectivity index (χ1v) is 11.8. The van der Waals surface area contributed by atoms with Crippen LogP contribution in [0.15, 0.2) is 36.4 Å². The van der Waals surface area contributed by atoms with E-state index in [2.05, 4.69) is 5.32 Å². The average molecular weight is 509 g/mol. The Morgan fingerprint density at radius 2 is 1.47 bits per heavy atom. The fourth-order valence-electron chi connectivity index (χ4n) is 3.99. The molecule has 2 amide bonds. The van der Waals surface area contributed by atoms with Crippen LogP contribution >= 0.6 is 0 Å². The largest absolute Gasteiger partial charge is 0.391 e. The highest BCUT2D eigenvalue weighted by Gasteiger charge is 2.47. The third-order valence-corrected chi connectivity index (χ3v) is 5.70. The number of aliphatic hydroxyl groups is 4. The van der Waals surface area contributed by atoms with Crippen molar-refractivity contribution in [2.24, 2.45) is 0 Å². The molecule has 0 saturated heterocycles. The molecule has 2 rings (SSSR count). The molecular weight excluding hydrogens is 474 g/mol. The number of halogens is 2. The summed E-state index contributed by atoms with van der Waals surface area (Å²) >= 11 is 0. The van der Waals surface area contributed by atoms with Crippen LogP contribution in [0.3, 0.4) is 0 Å². The first kappa shape index (κ1) is 29.3. The minimum absolute atomic E-state index is 0.0693. The molecular formula is C26H34F2N2O6. The highest BCUT2D eigenvalue weighted by atomic mass is 19.1. The van der Waals surface area contributed by atoms with E-state index in [1.54, 1.807) is 17.9 Å². The van der Waals surface area contributed by atoms with Crippen LogP contribution in [0.4, 0.5) is 8.78 Å². The van der Waals surface area contributed by atoms with Gasteiger partial charge in [-0.25, -0.2) is 8.78 Å². The minimum atomic E-state index is -2.95. The Morgan fingerprint density at radius 1 is 0.944 bits per heavy atom. The summed E-state index contributed by atoms with van der Waals surface area (Å²) in [4.78, 5) is 27.9. The van der Waals surface area contributed by atoms with Gasteiger partial charge in [0.2, 0.25) is 0 Å². The number of nitrogens with one attached hydrogen (secondary N) is 1. The van der Waals surface area contributed by atoms with Gasteiger partial charge in [0.1, 0.15) is 23.8 Å². The lowest BCUT2D eigenvalue weighted by molar-refractivity contribution is -0.187. The van der Waals surface area contributed by atoms with E-state index in [0.29, 0.717) is 24.7 Å². The third kappa shape index (κ3) is 6.85. The first-order valence-electron chi connectivity index (χ1n) is 11.8. The number of rotatable bonds is 11. The zero-order valence-electron chi connectivity index (χ0n) is 20.8. The number of hydrogen-bond donors (Lipinski definition) is 5. The second kappa shape index (κ2) is 12.4. The standard InChI is InChI=1S/C26H34F2N2O6/c1-5-7-30(8-6-2)25(35)19-10-15(3)9-18(11-19)24(34)29-26(36,22(32)16(4)31)23(33)17-12-20(27)14-21(28)13-17/h9-14,16,22-23,31-33,36H,5-8H2,1-4H3,(H,29,34)/t16-,22-,23?,26-/m1/s1. The molecule has 4 atom stereocenters. The highest BCUT2D eigenvalue weighted by Crippen LogP contribution is 2.30. The zero-order valence-corrected chi connectivity index (χ0v) is 20.8. The van der Waals surface area contributed by atoms with E-state index in [0.717, 1.165) is 31.9 Å². The summed E-state index contributed by atoms with van der Waals surface area (Å²) in [6, 6.07) is 6.34. The van der Waals surface area contributed by atoms with E-state index in [1.807, 2.05) is 13.8 Å². The van der Waals surface area contributed by atoms with Crippen molar-refractivity contribution in [2.45, 2.75) is 64.6 Å². The summed E-state index contributed by atoms with van der Waals surface area (Å²) in [5.41, 5.74) is -2.71. The molecule has 0 aliphatic rings. The molecule has 0 aromatic heterocycles. The summed E-state index contributed by atoms with van der Waals surface area (Å²) in [6.07, 6.45) is -4.55. The number of carbonyl (C=O) groups excluding carboxylic acids is 2. The van der Waals surface area contributed by atoms with Crippen molar-refractivity contribution in [1.29, 1.82) is 0 Å². The Labute approximate surface area is 209 Å². The Balaban J connectivity index is 2.46. The van der Waals surface area contributed by atoms with Crippen molar-refractivity contribution in [3.63, 3.8) is 0 Å². The topological polar surface area (TPSA) is 130 Å². The molecule has 0 fully saturated rings. The summed E-state index contributed by atoms with van der Waals surface area (Å²) in [5.74, 6) is -3.40. The molecule has 2 aromatic rings. The number of nitrogens with zero attached hydrogens (tertiary/aromatic N) is 1. The van der Waals surface area contributed by atoms with E-state index in [4.69, 9.17) is 0 Å². The van der Waals surface area contributed by atoms with Crippen LogP contribution in [0.1, 0.15) is 71.6 Å². The molecule has 36 heavy (non-hydrogen) atoms. The maximum Gasteiger partial charge on any atom is 0.253 e. The predicted octanol–water partition coefficient (Wildman–Crippen LogP) is 2.43.